The number of carbonyl (C=O) groups excluding carboxylic acids is 1. The molecular weight excluding hydrogens is 400 g/mol. The van der Waals surface area contributed by atoms with Crippen molar-refractivity contribution in [3.05, 3.63) is 53.1 Å². The first-order chi connectivity index (χ1) is 13.3. The summed E-state index contributed by atoms with van der Waals surface area (Å²) in [6, 6.07) is 11.6. The molecule has 6 nitrogen and oxygen atoms in total. The number of carbonyl (C=O) groups is 1. The summed E-state index contributed by atoms with van der Waals surface area (Å²) < 4.78 is 32.4. The molecule has 0 saturated carbocycles. The Labute approximate surface area is 170 Å². The van der Waals surface area contributed by atoms with E-state index in [4.69, 9.17) is 16.3 Å². The van der Waals surface area contributed by atoms with Crippen LogP contribution in [-0.4, -0.2) is 38.8 Å². The van der Waals surface area contributed by atoms with Crippen molar-refractivity contribution in [2.75, 3.05) is 25.5 Å². The summed E-state index contributed by atoms with van der Waals surface area (Å²) in [4.78, 5) is 12.9. The van der Waals surface area contributed by atoms with E-state index in [-0.39, 0.29) is 17.3 Å². The number of anilines is 1. The molecule has 0 spiro atoms. The first-order valence-corrected chi connectivity index (χ1v) is 10.8. The van der Waals surface area contributed by atoms with Gasteiger partial charge in [-0.05, 0) is 61.7 Å². The van der Waals surface area contributed by atoms with Crippen molar-refractivity contribution in [3.8, 4) is 5.75 Å². The van der Waals surface area contributed by atoms with Crippen molar-refractivity contribution in [1.82, 2.24) is 4.31 Å². The number of hydrogen-bond acceptors (Lipinski definition) is 4. The van der Waals surface area contributed by atoms with Crippen LogP contribution >= 0.6 is 11.6 Å². The number of ether oxygens (including phenoxy) is 1. The number of piperidine rings is 1. The van der Waals surface area contributed by atoms with Crippen molar-refractivity contribution < 1.29 is 17.9 Å². The molecule has 0 radical (unpaired) electrons. The third-order valence-corrected chi connectivity index (χ3v) is 7.27. The van der Waals surface area contributed by atoms with Crippen LogP contribution in [0.15, 0.2) is 47.4 Å². The van der Waals surface area contributed by atoms with Gasteiger partial charge in [0.05, 0.1) is 17.9 Å². The van der Waals surface area contributed by atoms with Crippen LogP contribution in [0, 0.1) is 12.8 Å². The summed E-state index contributed by atoms with van der Waals surface area (Å²) >= 11 is 6.11. The summed E-state index contributed by atoms with van der Waals surface area (Å²) in [5.41, 5.74) is 1.43. The van der Waals surface area contributed by atoms with Crippen LogP contribution in [-0.2, 0) is 14.8 Å². The van der Waals surface area contributed by atoms with Gasteiger partial charge in [-0.3, -0.25) is 4.79 Å². The average molecular weight is 423 g/mol. The number of hydrogen-bond donors (Lipinski definition) is 1. The summed E-state index contributed by atoms with van der Waals surface area (Å²) in [7, 11) is -2.14. The first-order valence-electron chi connectivity index (χ1n) is 9.03. The zero-order valence-corrected chi connectivity index (χ0v) is 17.4. The molecule has 3 rings (SSSR count). The quantitative estimate of drug-likeness (QED) is 0.797. The Morgan fingerprint density at radius 3 is 2.61 bits per heavy atom. The summed E-state index contributed by atoms with van der Waals surface area (Å²) in [6.07, 6.45) is 1.27. The van der Waals surface area contributed by atoms with Crippen molar-refractivity contribution in [3.63, 3.8) is 0 Å². The van der Waals surface area contributed by atoms with Gasteiger partial charge in [0.2, 0.25) is 15.9 Å². The molecule has 1 atom stereocenters. The number of methoxy groups -OCH3 is 1. The van der Waals surface area contributed by atoms with E-state index >= 15 is 0 Å². The number of rotatable bonds is 5. The SMILES string of the molecule is COc1ccc(S(=O)(=O)N2CCC[C@H](C(=O)Nc3cccc(Cl)c3C)C2)cc1. The third kappa shape index (κ3) is 4.32. The van der Waals surface area contributed by atoms with Crippen LogP contribution < -0.4 is 10.1 Å². The fourth-order valence-electron chi connectivity index (χ4n) is 3.25. The maximum absolute atomic E-state index is 12.9. The minimum absolute atomic E-state index is 0.153. The maximum Gasteiger partial charge on any atom is 0.243 e. The van der Waals surface area contributed by atoms with Gasteiger partial charge in [0.15, 0.2) is 0 Å². The van der Waals surface area contributed by atoms with Gasteiger partial charge in [0, 0.05) is 23.8 Å². The zero-order chi connectivity index (χ0) is 20.3. The lowest BCUT2D eigenvalue weighted by Gasteiger charge is -2.31. The van der Waals surface area contributed by atoms with E-state index < -0.39 is 15.9 Å². The molecule has 28 heavy (non-hydrogen) atoms. The molecule has 1 fully saturated rings. The van der Waals surface area contributed by atoms with Gasteiger partial charge in [-0.15, -0.1) is 0 Å². The van der Waals surface area contributed by atoms with Crippen LogP contribution in [0.2, 0.25) is 5.02 Å². The second-order valence-electron chi connectivity index (χ2n) is 6.78. The largest absolute Gasteiger partial charge is 0.497 e. The molecule has 2 aromatic carbocycles. The predicted octanol–water partition coefficient (Wildman–Crippen LogP) is 3.70. The number of amides is 1. The number of nitrogens with one attached hydrogen (secondary N) is 1. The molecule has 1 aliphatic rings. The summed E-state index contributed by atoms with van der Waals surface area (Å²) in [6.45, 7) is 2.38. The lowest BCUT2D eigenvalue weighted by molar-refractivity contribution is -0.120. The first kappa shape index (κ1) is 20.6. The highest BCUT2D eigenvalue weighted by Crippen LogP contribution is 2.27. The van der Waals surface area contributed by atoms with E-state index in [0.29, 0.717) is 35.8 Å². The van der Waals surface area contributed by atoms with E-state index in [9.17, 15) is 13.2 Å². The molecule has 1 aliphatic heterocycles. The molecule has 0 aliphatic carbocycles. The molecule has 0 unspecified atom stereocenters. The zero-order valence-electron chi connectivity index (χ0n) is 15.8. The minimum atomic E-state index is -3.66. The molecule has 0 aromatic heterocycles. The van der Waals surface area contributed by atoms with Crippen LogP contribution in [0.25, 0.3) is 0 Å². The van der Waals surface area contributed by atoms with Crippen molar-refractivity contribution in [2.45, 2.75) is 24.7 Å². The number of sulfonamides is 1. The second-order valence-corrected chi connectivity index (χ2v) is 9.12. The third-order valence-electron chi connectivity index (χ3n) is 4.98. The minimum Gasteiger partial charge on any atom is -0.497 e. The van der Waals surface area contributed by atoms with E-state index in [1.807, 2.05) is 6.92 Å². The smallest absolute Gasteiger partial charge is 0.243 e. The Morgan fingerprint density at radius 1 is 1.21 bits per heavy atom. The molecule has 1 heterocycles. The van der Waals surface area contributed by atoms with Gasteiger partial charge in [-0.1, -0.05) is 17.7 Å². The second kappa shape index (κ2) is 8.51. The molecule has 2 aromatic rings. The molecule has 1 amide bonds. The fourth-order valence-corrected chi connectivity index (χ4v) is 4.95. The standard InChI is InChI=1S/C20H23ClN2O4S/c1-14-18(21)6-3-7-19(14)22-20(24)15-5-4-12-23(13-15)28(25,26)17-10-8-16(27-2)9-11-17/h3,6-11,15H,4-5,12-13H2,1-2H3,(H,22,24)/t15-/m0/s1. The number of nitrogens with zero attached hydrogens (tertiary/aromatic N) is 1. The van der Waals surface area contributed by atoms with Gasteiger partial charge in [0.25, 0.3) is 0 Å². The van der Waals surface area contributed by atoms with Gasteiger partial charge in [-0.25, -0.2) is 8.42 Å². The highest BCUT2D eigenvalue weighted by Gasteiger charge is 2.33. The monoisotopic (exact) mass is 422 g/mol. The summed E-state index contributed by atoms with van der Waals surface area (Å²) in [5, 5.41) is 3.46. The fraction of sp³-hybridized carbons (Fsp3) is 0.350. The summed E-state index contributed by atoms with van der Waals surface area (Å²) in [5.74, 6) is -0.0214. The molecular formula is C20H23ClN2O4S. The van der Waals surface area contributed by atoms with Gasteiger partial charge in [-0.2, -0.15) is 4.31 Å². The van der Waals surface area contributed by atoms with Gasteiger partial charge >= 0.3 is 0 Å². The van der Waals surface area contributed by atoms with Crippen molar-refractivity contribution >= 4 is 33.2 Å². The van der Waals surface area contributed by atoms with Crippen LogP contribution in [0.5, 0.6) is 5.75 Å². The van der Waals surface area contributed by atoms with Crippen molar-refractivity contribution in [1.29, 1.82) is 0 Å². The topological polar surface area (TPSA) is 75.7 Å². The Balaban J connectivity index is 1.73. The Hall–Kier alpha value is -2.09. The molecule has 150 valence electrons. The van der Waals surface area contributed by atoms with Gasteiger partial charge in [0.1, 0.15) is 5.75 Å². The van der Waals surface area contributed by atoms with E-state index in [1.165, 1.54) is 23.5 Å². The van der Waals surface area contributed by atoms with Gasteiger partial charge < -0.3 is 10.1 Å². The van der Waals surface area contributed by atoms with E-state index in [2.05, 4.69) is 5.32 Å². The Bertz CT molecular complexity index is 961. The van der Waals surface area contributed by atoms with E-state index in [1.54, 1.807) is 30.3 Å². The molecule has 1 N–H and O–H groups in total. The number of benzene rings is 2. The average Bonchev–Trinajstić information content (AvgIpc) is 2.71. The Kier molecular flexibility index (Phi) is 6.27. The molecule has 1 saturated heterocycles. The van der Waals surface area contributed by atoms with Crippen LogP contribution in [0.3, 0.4) is 0 Å². The van der Waals surface area contributed by atoms with E-state index in [0.717, 1.165) is 5.56 Å². The molecule has 0 bridgehead atoms. The van der Waals surface area contributed by atoms with Crippen LogP contribution in [0.1, 0.15) is 18.4 Å². The Morgan fingerprint density at radius 2 is 1.93 bits per heavy atom. The molecule has 8 heteroatoms. The highest BCUT2D eigenvalue weighted by molar-refractivity contribution is 7.89. The maximum atomic E-state index is 12.9. The predicted molar refractivity (Wildman–Crippen MR) is 109 cm³/mol. The highest BCUT2D eigenvalue weighted by atomic mass is 35.5. The lowest BCUT2D eigenvalue weighted by Crippen LogP contribution is -2.43. The van der Waals surface area contributed by atoms with Crippen LogP contribution in [0.4, 0.5) is 5.69 Å². The normalized spacial score (nSPS) is 17.9. The lowest BCUT2D eigenvalue weighted by atomic mass is 9.98. The number of halogens is 1. The van der Waals surface area contributed by atoms with Crippen molar-refractivity contribution in [2.24, 2.45) is 5.92 Å².